The van der Waals surface area contributed by atoms with Gasteiger partial charge in [-0.15, -0.1) is 0 Å². The molecule has 0 aromatic heterocycles. The number of unbranched alkanes of at least 4 members (excludes halogenated alkanes) is 1. The molecule has 2 fully saturated rings. The van der Waals surface area contributed by atoms with Crippen LogP contribution in [0.5, 0.6) is 0 Å². The number of carbonyl (C=O) groups is 2. The van der Waals surface area contributed by atoms with Gasteiger partial charge in [0.15, 0.2) is 0 Å². The molecule has 2 rings (SSSR count). The van der Waals surface area contributed by atoms with Crippen molar-refractivity contribution in [2.24, 2.45) is 0 Å². The van der Waals surface area contributed by atoms with E-state index in [2.05, 4.69) is 28.2 Å². The quantitative estimate of drug-likeness (QED) is 0.368. The molecule has 120 valence electrons. The fourth-order valence-electron chi connectivity index (χ4n) is 2.83. The number of urea groups is 1. The van der Waals surface area contributed by atoms with Crippen LogP contribution < -0.4 is 21.3 Å². The highest BCUT2D eigenvalue weighted by molar-refractivity contribution is 8.00. The molecule has 0 bridgehead atoms. The maximum Gasteiger partial charge on any atom is 0.315 e. The molecule has 0 aromatic rings. The van der Waals surface area contributed by atoms with Gasteiger partial charge in [0.1, 0.15) is 0 Å². The minimum absolute atomic E-state index is 0.0321. The molecular formula is C14H26N4O2S. The average Bonchev–Trinajstić information content (AvgIpc) is 2.99. The van der Waals surface area contributed by atoms with Crippen LogP contribution in [0, 0.1) is 0 Å². The number of likely N-dealkylation sites (N-methyl/N-ethyl adjacent to an activating group) is 1. The number of amides is 3. The summed E-state index contributed by atoms with van der Waals surface area (Å²) in [6.07, 6.45) is 3.63. The molecule has 0 aromatic carbocycles. The van der Waals surface area contributed by atoms with Crippen molar-refractivity contribution in [2.45, 2.75) is 49.9 Å². The van der Waals surface area contributed by atoms with Gasteiger partial charge in [-0.2, -0.15) is 11.8 Å². The van der Waals surface area contributed by atoms with E-state index in [1.54, 1.807) is 0 Å². The number of rotatable bonds is 9. The zero-order valence-electron chi connectivity index (χ0n) is 12.6. The lowest BCUT2D eigenvalue weighted by Crippen LogP contribution is -2.36. The van der Waals surface area contributed by atoms with E-state index in [1.165, 1.54) is 0 Å². The molecule has 0 saturated carbocycles. The van der Waals surface area contributed by atoms with Crippen LogP contribution in [0.1, 0.15) is 32.6 Å². The van der Waals surface area contributed by atoms with Gasteiger partial charge in [0.25, 0.3) is 0 Å². The summed E-state index contributed by atoms with van der Waals surface area (Å²) in [5.41, 5.74) is 0. The topological polar surface area (TPSA) is 82.3 Å². The van der Waals surface area contributed by atoms with Crippen molar-refractivity contribution in [3.8, 4) is 0 Å². The van der Waals surface area contributed by atoms with Gasteiger partial charge in [-0.3, -0.25) is 4.79 Å². The van der Waals surface area contributed by atoms with E-state index < -0.39 is 0 Å². The van der Waals surface area contributed by atoms with E-state index in [0.717, 1.165) is 38.1 Å². The largest absolute Gasteiger partial charge is 0.355 e. The summed E-state index contributed by atoms with van der Waals surface area (Å²) >= 11 is 1.93. The second-order valence-electron chi connectivity index (χ2n) is 5.57. The van der Waals surface area contributed by atoms with E-state index in [9.17, 15) is 9.59 Å². The first kappa shape index (κ1) is 16.4. The fourth-order valence-corrected chi connectivity index (χ4v) is 4.37. The molecule has 0 unspecified atom stereocenters. The lowest BCUT2D eigenvalue weighted by Gasteiger charge is -2.16. The van der Waals surface area contributed by atoms with E-state index >= 15 is 0 Å². The summed E-state index contributed by atoms with van der Waals surface area (Å²) in [5.74, 6) is 1.14. The van der Waals surface area contributed by atoms with Gasteiger partial charge < -0.3 is 21.3 Å². The Morgan fingerprint density at radius 1 is 1.33 bits per heavy atom. The maximum absolute atomic E-state index is 11.6. The van der Waals surface area contributed by atoms with Crippen molar-refractivity contribution in [3.05, 3.63) is 0 Å². The van der Waals surface area contributed by atoms with Gasteiger partial charge in [-0.05, 0) is 19.4 Å². The van der Waals surface area contributed by atoms with Crippen molar-refractivity contribution in [1.82, 2.24) is 21.3 Å². The molecule has 6 nitrogen and oxygen atoms in total. The maximum atomic E-state index is 11.6. The van der Waals surface area contributed by atoms with E-state index in [1.807, 2.05) is 11.8 Å². The number of carbonyl (C=O) groups excluding carboxylic acids is 2. The van der Waals surface area contributed by atoms with Crippen molar-refractivity contribution in [2.75, 3.05) is 25.4 Å². The highest BCUT2D eigenvalue weighted by Gasteiger charge is 2.42. The van der Waals surface area contributed by atoms with Crippen molar-refractivity contribution in [1.29, 1.82) is 0 Å². The standard InChI is InChI=1S/C14H26N4O2S/c1-2-15-7-8-16-12(19)6-4-3-5-11-13-10(9-21-11)17-14(20)18-13/h10-11,13,15H,2-9H2,1H3,(H,16,19)(H2,17,18,20)/t10-,11-,13-/m0/s1. The van der Waals surface area contributed by atoms with E-state index in [0.29, 0.717) is 24.3 Å². The van der Waals surface area contributed by atoms with Crippen LogP contribution >= 0.6 is 11.8 Å². The first-order valence-electron chi connectivity index (χ1n) is 7.86. The van der Waals surface area contributed by atoms with Crippen LogP contribution in [0.25, 0.3) is 0 Å². The molecule has 2 aliphatic heterocycles. The predicted octanol–water partition coefficient (Wildman–Crippen LogP) is 0.438. The number of hydrogen-bond donors (Lipinski definition) is 4. The smallest absolute Gasteiger partial charge is 0.315 e. The van der Waals surface area contributed by atoms with Gasteiger partial charge >= 0.3 is 6.03 Å². The van der Waals surface area contributed by atoms with E-state index in [4.69, 9.17) is 0 Å². The van der Waals surface area contributed by atoms with Gasteiger partial charge in [0.2, 0.25) is 5.91 Å². The zero-order valence-corrected chi connectivity index (χ0v) is 13.4. The summed E-state index contributed by atoms with van der Waals surface area (Å²) in [5, 5.41) is 12.5. The molecule has 2 saturated heterocycles. The second kappa shape index (κ2) is 8.48. The minimum Gasteiger partial charge on any atom is -0.355 e. The Morgan fingerprint density at radius 3 is 3.00 bits per heavy atom. The third-order valence-corrected chi connectivity index (χ3v) is 5.46. The molecule has 21 heavy (non-hydrogen) atoms. The van der Waals surface area contributed by atoms with Crippen molar-refractivity contribution < 1.29 is 9.59 Å². The SMILES string of the molecule is CCNCCNC(=O)CCCC[C@@H]1SC[C@@H]2NC(=O)N[C@@H]21. The Kier molecular flexibility index (Phi) is 6.63. The summed E-state index contributed by atoms with van der Waals surface area (Å²) in [6.45, 7) is 4.52. The molecule has 0 radical (unpaired) electrons. The highest BCUT2D eigenvalue weighted by atomic mass is 32.2. The Balaban J connectivity index is 1.52. The Bertz CT molecular complexity index is 367. The molecule has 2 aliphatic rings. The number of fused-ring (bicyclic) bond motifs is 1. The van der Waals surface area contributed by atoms with Crippen LogP contribution in [-0.2, 0) is 4.79 Å². The first-order valence-corrected chi connectivity index (χ1v) is 8.91. The van der Waals surface area contributed by atoms with Crippen LogP contribution in [0.4, 0.5) is 4.79 Å². The van der Waals surface area contributed by atoms with Gasteiger partial charge in [-0.25, -0.2) is 4.79 Å². The first-order chi connectivity index (χ1) is 10.2. The lowest BCUT2D eigenvalue weighted by atomic mass is 10.0. The van der Waals surface area contributed by atoms with Gasteiger partial charge in [-0.1, -0.05) is 13.3 Å². The van der Waals surface area contributed by atoms with Crippen molar-refractivity contribution >= 4 is 23.7 Å². The summed E-state index contributed by atoms with van der Waals surface area (Å²) < 4.78 is 0. The van der Waals surface area contributed by atoms with E-state index in [-0.39, 0.29) is 18.0 Å². The van der Waals surface area contributed by atoms with Gasteiger partial charge in [0, 0.05) is 30.5 Å². The molecular weight excluding hydrogens is 288 g/mol. The highest BCUT2D eigenvalue weighted by Crippen LogP contribution is 2.33. The molecule has 4 N–H and O–H groups in total. The number of nitrogens with one attached hydrogen (secondary N) is 4. The number of thioether (sulfide) groups is 1. The Hall–Kier alpha value is -0.950. The van der Waals surface area contributed by atoms with Crippen LogP contribution in [0.2, 0.25) is 0 Å². The van der Waals surface area contributed by atoms with Crippen LogP contribution in [-0.4, -0.2) is 54.7 Å². The lowest BCUT2D eigenvalue weighted by molar-refractivity contribution is -0.121. The average molecular weight is 314 g/mol. The molecule has 3 atom stereocenters. The Labute approximate surface area is 130 Å². The summed E-state index contributed by atoms with van der Waals surface area (Å²) in [6, 6.07) is 0.536. The Morgan fingerprint density at radius 2 is 2.19 bits per heavy atom. The number of hydrogen-bond acceptors (Lipinski definition) is 4. The summed E-state index contributed by atoms with van der Waals surface area (Å²) in [4.78, 5) is 22.9. The molecule has 3 amide bonds. The fraction of sp³-hybridized carbons (Fsp3) is 0.857. The normalized spacial score (nSPS) is 27.1. The monoisotopic (exact) mass is 314 g/mol. The molecule has 0 aliphatic carbocycles. The van der Waals surface area contributed by atoms with Crippen LogP contribution in [0.3, 0.4) is 0 Å². The predicted molar refractivity (Wildman–Crippen MR) is 85.5 cm³/mol. The van der Waals surface area contributed by atoms with Crippen molar-refractivity contribution in [3.63, 3.8) is 0 Å². The van der Waals surface area contributed by atoms with Crippen LogP contribution in [0.15, 0.2) is 0 Å². The summed E-state index contributed by atoms with van der Waals surface area (Å²) in [7, 11) is 0. The third kappa shape index (κ3) is 5.07. The molecule has 2 heterocycles. The minimum atomic E-state index is -0.0321. The third-order valence-electron chi connectivity index (χ3n) is 3.95. The van der Waals surface area contributed by atoms with Gasteiger partial charge in [0.05, 0.1) is 12.1 Å². The molecule has 7 heteroatoms. The second-order valence-corrected chi connectivity index (χ2v) is 6.84. The zero-order chi connectivity index (χ0) is 15.1. The molecule has 0 spiro atoms.